The molecule has 0 amide bonds. The monoisotopic (exact) mass is 183 g/mol. The molecule has 0 saturated heterocycles. The largest absolute Gasteiger partial charge is 0.508 e. The molecule has 2 nitrogen and oxygen atoms in total. The zero-order chi connectivity index (χ0) is 9.90. The third kappa shape index (κ3) is 1.98. The van der Waals surface area contributed by atoms with Crippen molar-refractivity contribution in [1.82, 2.24) is 0 Å². The molecule has 0 aliphatic carbocycles. The molecule has 0 aliphatic heterocycles. The van der Waals surface area contributed by atoms with Crippen LogP contribution in [0.1, 0.15) is 12.5 Å². The molecule has 1 unspecified atom stereocenters. The summed E-state index contributed by atoms with van der Waals surface area (Å²) in [6.45, 7) is 1.45. The number of benzene rings is 1. The molecule has 0 saturated carbocycles. The number of nitrogens with two attached hydrogens (primary N) is 1. The van der Waals surface area contributed by atoms with Gasteiger partial charge in [-0.3, -0.25) is 4.39 Å². The number of alkyl halides is 1. The SMILES string of the molecule is CC(CN)(CF)c1cccc(O)c1. The highest BCUT2D eigenvalue weighted by atomic mass is 19.1. The normalized spacial score (nSPS) is 15.3. The molecule has 0 radical (unpaired) electrons. The fourth-order valence-electron chi connectivity index (χ4n) is 1.13. The van der Waals surface area contributed by atoms with Gasteiger partial charge in [-0.1, -0.05) is 19.1 Å². The Morgan fingerprint density at radius 2 is 2.23 bits per heavy atom. The van der Waals surface area contributed by atoms with Crippen molar-refractivity contribution in [2.45, 2.75) is 12.3 Å². The van der Waals surface area contributed by atoms with E-state index < -0.39 is 12.1 Å². The minimum absolute atomic E-state index is 0.144. The van der Waals surface area contributed by atoms with Crippen molar-refractivity contribution in [2.75, 3.05) is 13.2 Å². The fourth-order valence-corrected chi connectivity index (χ4v) is 1.13. The predicted molar refractivity (Wildman–Crippen MR) is 50.5 cm³/mol. The predicted octanol–water partition coefficient (Wildman–Crippen LogP) is 1.58. The first-order valence-electron chi connectivity index (χ1n) is 4.18. The van der Waals surface area contributed by atoms with E-state index in [1.165, 1.54) is 0 Å². The molecule has 3 N–H and O–H groups in total. The van der Waals surface area contributed by atoms with Crippen molar-refractivity contribution in [1.29, 1.82) is 0 Å². The maximum Gasteiger partial charge on any atom is 0.115 e. The van der Waals surface area contributed by atoms with Crippen LogP contribution in [0.2, 0.25) is 0 Å². The van der Waals surface area contributed by atoms with Gasteiger partial charge in [0.2, 0.25) is 0 Å². The standard InChI is InChI=1S/C10H14FNO/c1-10(6-11,7-12)8-3-2-4-9(13)5-8/h2-5,13H,6-7,12H2,1H3. The van der Waals surface area contributed by atoms with E-state index >= 15 is 0 Å². The zero-order valence-corrected chi connectivity index (χ0v) is 7.63. The van der Waals surface area contributed by atoms with Crippen molar-refractivity contribution < 1.29 is 9.50 Å². The molecule has 1 atom stereocenters. The number of hydrogen-bond donors (Lipinski definition) is 2. The van der Waals surface area contributed by atoms with Gasteiger partial charge in [0.05, 0.1) is 6.67 Å². The Bertz CT molecular complexity index is 284. The van der Waals surface area contributed by atoms with Crippen molar-refractivity contribution >= 4 is 0 Å². The second kappa shape index (κ2) is 3.75. The highest BCUT2D eigenvalue weighted by Gasteiger charge is 2.24. The summed E-state index contributed by atoms with van der Waals surface area (Å²) in [7, 11) is 0. The summed E-state index contributed by atoms with van der Waals surface area (Å²) in [5, 5.41) is 9.20. The summed E-state index contributed by atoms with van der Waals surface area (Å²) in [6.07, 6.45) is 0. The van der Waals surface area contributed by atoms with Crippen LogP contribution in [-0.4, -0.2) is 18.3 Å². The Morgan fingerprint density at radius 1 is 1.54 bits per heavy atom. The Hall–Kier alpha value is -1.09. The van der Waals surface area contributed by atoms with E-state index in [4.69, 9.17) is 5.73 Å². The van der Waals surface area contributed by atoms with Gasteiger partial charge in [0, 0.05) is 12.0 Å². The molecule has 0 spiro atoms. The topological polar surface area (TPSA) is 46.2 Å². The maximum atomic E-state index is 12.7. The number of rotatable bonds is 3. The minimum Gasteiger partial charge on any atom is -0.508 e. The molecule has 1 aromatic carbocycles. The van der Waals surface area contributed by atoms with Crippen LogP contribution in [0, 0.1) is 0 Å². The first-order valence-corrected chi connectivity index (χ1v) is 4.18. The van der Waals surface area contributed by atoms with Crippen LogP contribution >= 0.6 is 0 Å². The smallest absolute Gasteiger partial charge is 0.115 e. The van der Waals surface area contributed by atoms with E-state index in [0.29, 0.717) is 0 Å². The van der Waals surface area contributed by atoms with Crippen LogP contribution in [-0.2, 0) is 5.41 Å². The average molecular weight is 183 g/mol. The Balaban J connectivity index is 3.05. The average Bonchev–Trinajstić information content (AvgIpc) is 2.17. The summed E-state index contributed by atoms with van der Waals surface area (Å²) in [5.41, 5.74) is 5.53. The number of hydrogen-bond acceptors (Lipinski definition) is 2. The number of phenolic OH excluding ortho intramolecular Hbond substituents is 1. The van der Waals surface area contributed by atoms with Crippen LogP contribution in [0.3, 0.4) is 0 Å². The summed E-state index contributed by atoms with van der Waals surface area (Å²) in [5.74, 6) is 0.144. The van der Waals surface area contributed by atoms with Gasteiger partial charge in [-0.05, 0) is 17.7 Å². The number of aromatic hydroxyl groups is 1. The number of phenols is 1. The first-order chi connectivity index (χ1) is 6.12. The molecule has 0 aromatic heterocycles. The molecule has 3 heteroatoms. The third-order valence-electron chi connectivity index (χ3n) is 2.29. The van der Waals surface area contributed by atoms with E-state index in [-0.39, 0.29) is 12.3 Å². The summed E-state index contributed by atoms with van der Waals surface area (Å²) < 4.78 is 12.7. The zero-order valence-electron chi connectivity index (χ0n) is 7.63. The Kier molecular flexibility index (Phi) is 2.88. The molecule has 1 aromatic rings. The van der Waals surface area contributed by atoms with Gasteiger partial charge in [0.15, 0.2) is 0 Å². The van der Waals surface area contributed by atoms with E-state index in [1.807, 2.05) is 0 Å². The molecule has 72 valence electrons. The van der Waals surface area contributed by atoms with Gasteiger partial charge < -0.3 is 10.8 Å². The fraction of sp³-hybridized carbons (Fsp3) is 0.400. The molecule has 0 heterocycles. The minimum atomic E-state index is -0.682. The van der Waals surface area contributed by atoms with Crippen molar-refractivity contribution in [3.05, 3.63) is 29.8 Å². The van der Waals surface area contributed by atoms with Gasteiger partial charge in [0.25, 0.3) is 0 Å². The highest BCUT2D eigenvalue weighted by Crippen LogP contribution is 2.25. The molecule has 0 fully saturated rings. The first kappa shape index (κ1) is 9.99. The summed E-state index contributed by atoms with van der Waals surface area (Å²) >= 11 is 0. The molecule has 0 aliphatic rings. The lowest BCUT2D eigenvalue weighted by molar-refractivity contribution is 0.333. The van der Waals surface area contributed by atoms with Crippen molar-refractivity contribution in [3.8, 4) is 5.75 Å². The number of halogens is 1. The third-order valence-corrected chi connectivity index (χ3v) is 2.29. The second-order valence-electron chi connectivity index (χ2n) is 3.45. The second-order valence-corrected chi connectivity index (χ2v) is 3.45. The van der Waals surface area contributed by atoms with E-state index in [2.05, 4.69) is 0 Å². The van der Waals surface area contributed by atoms with Gasteiger partial charge in [-0.25, -0.2) is 0 Å². The van der Waals surface area contributed by atoms with Crippen LogP contribution in [0.15, 0.2) is 24.3 Å². The van der Waals surface area contributed by atoms with Crippen molar-refractivity contribution in [3.63, 3.8) is 0 Å². The van der Waals surface area contributed by atoms with Crippen LogP contribution in [0.4, 0.5) is 4.39 Å². The lowest BCUT2D eigenvalue weighted by atomic mass is 9.84. The quantitative estimate of drug-likeness (QED) is 0.747. The molecule has 13 heavy (non-hydrogen) atoms. The Morgan fingerprint density at radius 3 is 2.69 bits per heavy atom. The van der Waals surface area contributed by atoms with Crippen LogP contribution in [0.25, 0.3) is 0 Å². The molecule has 0 bridgehead atoms. The maximum absolute atomic E-state index is 12.7. The van der Waals surface area contributed by atoms with Gasteiger partial charge in [-0.2, -0.15) is 0 Å². The van der Waals surface area contributed by atoms with Crippen LogP contribution in [0.5, 0.6) is 5.75 Å². The molecule has 1 rings (SSSR count). The van der Waals surface area contributed by atoms with Gasteiger partial charge >= 0.3 is 0 Å². The van der Waals surface area contributed by atoms with Gasteiger partial charge in [-0.15, -0.1) is 0 Å². The summed E-state index contributed by atoms with van der Waals surface area (Å²) in [6, 6.07) is 6.56. The Labute approximate surface area is 77.2 Å². The van der Waals surface area contributed by atoms with E-state index in [1.54, 1.807) is 31.2 Å². The van der Waals surface area contributed by atoms with Crippen molar-refractivity contribution in [2.24, 2.45) is 5.73 Å². The lowest BCUT2D eigenvalue weighted by Gasteiger charge is -2.24. The molecular formula is C10H14FNO. The lowest BCUT2D eigenvalue weighted by Crippen LogP contribution is -2.33. The van der Waals surface area contributed by atoms with Gasteiger partial charge in [0.1, 0.15) is 5.75 Å². The van der Waals surface area contributed by atoms with Crippen LogP contribution < -0.4 is 5.73 Å². The molecular weight excluding hydrogens is 169 g/mol. The van der Waals surface area contributed by atoms with E-state index in [9.17, 15) is 9.50 Å². The highest BCUT2D eigenvalue weighted by molar-refractivity contribution is 5.33. The van der Waals surface area contributed by atoms with E-state index in [0.717, 1.165) is 5.56 Å². The summed E-state index contributed by atoms with van der Waals surface area (Å²) in [4.78, 5) is 0.